The molecule has 0 aliphatic heterocycles. The van der Waals surface area contributed by atoms with Gasteiger partial charge in [-0.2, -0.15) is 0 Å². The Morgan fingerprint density at radius 2 is 2.05 bits per heavy atom. The summed E-state index contributed by atoms with van der Waals surface area (Å²) in [5.41, 5.74) is 0.583. The van der Waals surface area contributed by atoms with Crippen LogP contribution in [0.1, 0.15) is 15.2 Å². The molecule has 1 amide bonds. The Morgan fingerprint density at radius 1 is 1.29 bits per heavy atom. The zero-order valence-electron chi connectivity index (χ0n) is 11.0. The summed E-state index contributed by atoms with van der Waals surface area (Å²) in [6, 6.07) is 4.51. The molecule has 110 valence electrons. The van der Waals surface area contributed by atoms with Gasteiger partial charge in [-0.25, -0.2) is 13.6 Å². The molecule has 1 aromatic heterocycles. The lowest BCUT2D eigenvalue weighted by Gasteiger charge is -2.07. The number of nitrogens with one attached hydrogen (secondary N) is 1. The van der Waals surface area contributed by atoms with Gasteiger partial charge in [-0.05, 0) is 36.1 Å². The molecule has 7 heteroatoms. The molecule has 0 radical (unpaired) electrons. The first kappa shape index (κ1) is 15.1. The van der Waals surface area contributed by atoms with Crippen LogP contribution >= 0.6 is 11.3 Å². The highest BCUT2D eigenvalue weighted by atomic mass is 32.1. The molecule has 1 aromatic carbocycles. The maximum absolute atomic E-state index is 13.3. The summed E-state index contributed by atoms with van der Waals surface area (Å²) in [5, 5.41) is 3.93. The molecule has 1 heterocycles. The molecule has 0 atom stereocenters. The topological polar surface area (TPSA) is 55.4 Å². The number of hydrogen-bond donors (Lipinski definition) is 1. The van der Waals surface area contributed by atoms with E-state index in [0.717, 1.165) is 17.7 Å². The van der Waals surface area contributed by atoms with E-state index in [-0.39, 0.29) is 5.69 Å². The number of esters is 1. The molecule has 0 unspecified atom stereocenters. The number of thiophene rings is 1. The Morgan fingerprint density at radius 3 is 2.67 bits per heavy atom. The number of rotatable bonds is 4. The number of hydrogen-bond acceptors (Lipinski definition) is 4. The molecule has 1 N–H and O–H groups in total. The van der Waals surface area contributed by atoms with Gasteiger partial charge in [0.15, 0.2) is 6.61 Å². The van der Waals surface area contributed by atoms with Crippen molar-refractivity contribution in [1.82, 2.24) is 0 Å². The van der Waals surface area contributed by atoms with Gasteiger partial charge in [-0.15, -0.1) is 11.3 Å². The van der Waals surface area contributed by atoms with Gasteiger partial charge in [-0.3, -0.25) is 4.79 Å². The average Bonchev–Trinajstić information content (AvgIpc) is 2.85. The van der Waals surface area contributed by atoms with Crippen molar-refractivity contribution in [3.8, 4) is 0 Å². The third-order valence-electron chi connectivity index (χ3n) is 2.59. The van der Waals surface area contributed by atoms with E-state index < -0.39 is 30.1 Å². The van der Waals surface area contributed by atoms with Gasteiger partial charge in [-0.1, -0.05) is 0 Å². The minimum Gasteiger partial charge on any atom is -0.451 e. The lowest BCUT2D eigenvalue weighted by Crippen LogP contribution is -2.21. The van der Waals surface area contributed by atoms with Crippen LogP contribution in [0.2, 0.25) is 0 Å². The molecule has 2 rings (SSSR count). The van der Waals surface area contributed by atoms with Crippen molar-refractivity contribution in [3.05, 3.63) is 51.7 Å². The first-order valence-corrected chi connectivity index (χ1v) is 6.81. The van der Waals surface area contributed by atoms with Crippen LogP contribution in [0, 0.1) is 18.6 Å². The number of aryl methyl sites for hydroxylation is 1. The fraction of sp³-hybridized carbons (Fsp3) is 0.143. The van der Waals surface area contributed by atoms with Crippen LogP contribution in [0.25, 0.3) is 0 Å². The molecule has 4 nitrogen and oxygen atoms in total. The fourth-order valence-corrected chi connectivity index (χ4v) is 2.37. The number of carbonyl (C=O) groups is 2. The maximum atomic E-state index is 13.3. The molecule has 0 bridgehead atoms. The van der Waals surface area contributed by atoms with Crippen LogP contribution in [-0.4, -0.2) is 18.5 Å². The van der Waals surface area contributed by atoms with Gasteiger partial charge in [0.2, 0.25) is 0 Å². The highest BCUT2D eigenvalue weighted by molar-refractivity contribution is 7.12. The standard InChI is InChI=1S/C14H11F2NO3S/c1-8-4-5-21-13(8)14(19)20-7-12(18)17-11-3-2-9(15)6-10(11)16/h2-6H,7H2,1H3,(H,17,18). The monoisotopic (exact) mass is 311 g/mol. The SMILES string of the molecule is Cc1ccsc1C(=O)OCC(=O)Nc1ccc(F)cc1F. The summed E-state index contributed by atoms with van der Waals surface area (Å²) in [4.78, 5) is 23.7. The number of benzene rings is 1. The van der Waals surface area contributed by atoms with E-state index in [2.05, 4.69) is 5.32 Å². The van der Waals surface area contributed by atoms with Gasteiger partial charge < -0.3 is 10.1 Å². The van der Waals surface area contributed by atoms with Crippen molar-refractivity contribution in [1.29, 1.82) is 0 Å². The molecule has 0 aliphatic carbocycles. The average molecular weight is 311 g/mol. The van der Waals surface area contributed by atoms with Crippen molar-refractivity contribution in [2.75, 3.05) is 11.9 Å². The van der Waals surface area contributed by atoms with Crippen LogP contribution in [0.4, 0.5) is 14.5 Å². The summed E-state index contributed by atoms with van der Waals surface area (Å²) < 4.78 is 30.9. The van der Waals surface area contributed by atoms with Gasteiger partial charge >= 0.3 is 5.97 Å². The third-order valence-corrected chi connectivity index (χ3v) is 3.58. The summed E-state index contributed by atoms with van der Waals surface area (Å²) >= 11 is 1.21. The fourth-order valence-electron chi connectivity index (χ4n) is 1.56. The Hall–Kier alpha value is -2.28. The number of anilines is 1. The van der Waals surface area contributed by atoms with E-state index in [1.807, 2.05) is 0 Å². The predicted octanol–water partition coefficient (Wildman–Crippen LogP) is 3.13. The molecular formula is C14H11F2NO3S. The van der Waals surface area contributed by atoms with E-state index in [0.29, 0.717) is 10.9 Å². The first-order chi connectivity index (χ1) is 9.97. The second-order valence-corrected chi connectivity index (χ2v) is 5.10. The zero-order chi connectivity index (χ0) is 15.4. The van der Waals surface area contributed by atoms with E-state index in [1.165, 1.54) is 11.3 Å². The van der Waals surface area contributed by atoms with Crippen molar-refractivity contribution >= 4 is 28.9 Å². The smallest absolute Gasteiger partial charge is 0.349 e. The molecular weight excluding hydrogens is 300 g/mol. The van der Waals surface area contributed by atoms with E-state index in [4.69, 9.17) is 4.74 Å². The number of amides is 1. The quantitative estimate of drug-likeness (QED) is 0.883. The van der Waals surface area contributed by atoms with E-state index in [1.54, 1.807) is 18.4 Å². The van der Waals surface area contributed by atoms with Gasteiger partial charge in [0.1, 0.15) is 16.5 Å². The molecule has 2 aromatic rings. The summed E-state index contributed by atoms with van der Waals surface area (Å²) in [7, 11) is 0. The van der Waals surface area contributed by atoms with Gasteiger partial charge in [0.25, 0.3) is 5.91 Å². The minimum absolute atomic E-state index is 0.176. The number of carbonyl (C=O) groups excluding carboxylic acids is 2. The van der Waals surface area contributed by atoms with Gasteiger partial charge in [0, 0.05) is 6.07 Å². The number of halogens is 2. The third kappa shape index (κ3) is 3.85. The molecule has 0 spiro atoms. The Balaban J connectivity index is 1.90. The highest BCUT2D eigenvalue weighted by Crippen LogP contribution is 2.17. The molecule has 0 saturated heterocycles. The van der Waals surface area contributed by atoms with Crippen molar-refractivity contribution < 1.29 is 23.1 Å². The second-order valence-electron chi connectivity index (χ2n) is 4.18. The summed E-state index contributed by atoms with van der Waals surface area (Å²) in [5.74, 6) is -2.96. The lowest BCUT2D eigenvalue weighted by molar-refractivity contribution is -0.119. The summed E-state index contributed by atoms with van der Waals surface area (Å²) in [6.45, 7) is 1.20. The van der Waals surface area contributed by atoms with Gasteiger partial charge in [0.05, 0.1) is 5.69 Å². The molecule has 0 aliphatic rings. The second kappa shape index (κ2) is 6.45. The van der Waals surface area contributed by atoms with Crippen LogP contribution in [0.15, 0.2) is 29.6 Å². The largest absolute Gasteiger partial charge is 0.451 e. The van der Waals surface area contributed by atoms with Crippen LogP contribution in [0.5, 0.6) is 0 Å². The first-order valence-electron chi connectivity index (χ1n) is 5.93. The maximum Gasteiger partial charge on any atom is 0.349 e. The van der Waals surface area contributed by atoms with Crippen molar-refractivity contribution in [3.63, 3.8) is 0 Å². The summed E-state index contributed by atoms with van der Waals surface area (Å²) in [6.07, 6.45) is 0. The van der Waals surface area contributed by atoms with Crippen molar-refractivity contribution in [2.24, 2.45) is 0 Å². The zero-order valence-corrected chi connectivity index (χ0v) is 11.8. The molecule has 0 saturated carbocycles. The van der Waals surface area contributed by atoms with E-state index >= 15 is 0 Å². The predicted molar refractivity (Wildman–Crippen MR) is 74.3 cm³/mol. The Bertz CT molecular complexity index is 685. The van der Waals surface area contributed by atoms with E-state index in [9.17, 15) is 18.4 Å². The van der Waals surface area contributed by atoms with Crippen LogP contribution in [-0.2, 0) is 9.53 Å². The molecule has 0 fully saturated rings. The minimum atomic E-state index is -0.899. The lowest BCUT2D eigenvalue weighted by atomic mass is 10.3. The normalized spacial score (nSPS) is 10.2. The Labute approximate surface area is 123 Å². The molecule has 21 heavy (non-hydrogen) atoms. The van der Waals surface area contributed by atoms with Crippen LogP contribution < -0.4 is 5.32 Å². The highest BCUT2D eigenvalue weighted by Gasteiger charge is 2.14. The van der Waals surface area contributed by atoms with Crippen molar-refractivity contribution in [2.45, 2.75) is 6.92 Å². The number of ether oxygens (including phenoxy) is 1. The Kier molecular flexibility index (Phi) is 4.64. The van der Waals surface area contributed by atoms with Crippen LogP contribution in [0.3, 0.4) is 0 Å².